The monoisotopic (exact) mass is 283 g/mol. The van der Waals surface area contributed by atoms with Crippen LogP contribution in [-0.4, -0.2) is 38.5 Å². The lowest BCUT2D eigenvalue weighted by atomic mass is 10.2. The molecule has 108 valence electrons. The van der Waals surface area contributed by atoms with Gasteiger partial charge in [0.25, 0.3) is 0 Å². The van der Waals surface area contributed by atoms with E-state index in [1.54, 1.807) is 11.8 Å². The van der Waals surface area contributed by atoms with Gasteiger partial charge < -0.3 is 5.32 Å². The third-order valence-electron chi connectivity index (χ3n) is 3.50. The van der Waals surface area contributed by atoms with E-state index in [4.69, 9.17) is 0 Å². The van der Waals surface area contributed by atoms with Gasteiger partial charge in [-0.1, -0.05) is 45.4 Å². The average molecular weight is 283 g/mol. The minimum atomic E-state index is 0.529. The Hall–Kier alpha value is -0.620. The van der Waals surface area contributed by atoms with E-state index in [2.05, 4.69) is 41.6 Å². The summed E-state index contributed by atoms with van der Waals surface area (Å²) in [4.78, 5) is 0. The van der Waals surface area contributed by atoms with Crippen LogP contribution in [0.5, 0.6) is 0 Å². The number of aromatic nitrogens is 4. The minimum Gasteiger partial charge on any atom is -0.314 e. The highest BCUT2D eigenvalue weighted by molar-refractivity contribution is 7.99. The molecular weight excluding hydrogens is 258 g/mol. The topological polar surface area (TPSA) is 55.6 Å². The van der Waals surface area contributed by atoms with Crippen molar-refractivity contribution in [3.05, 3.63) is 0 Å². The number of hydrogen-bond donors (Lipinski definition) is 1. The van der Waals surface area contributed by atoms with Gasteiger partial charge in [-0.05, 0) is 35.7 Å². The van der Waals surface area contributed by atoms with Crippen LogP contribution in [0.15, 0.2) is 5.16 Å². The third kappa shape index (κ3) is 4.45. The zero-order chi connectivity index (χ0) is 13.7. The molecular formula is C13H25N5S. The molecule has 1 aliphatic carbocycles. The van der Waals surface area contributed by atoms with E-state index >= 15 is 0 Å². The average Bonchev–Trinajstić information content (AvgIpc) is 3.03. The first-order valence-corrected chi connectivity index (χ1v) is 8.29. The summed E-state index contributed by atoms with van der Waals surface area (Å²) in [5.74, 6) is 1.69. The minimum absolute atomic E-state index is 0.529. The molecule has 1 saturated carbocycles. The number of hydrogen-bond acceptors (Lipinski definition) is 5. The lowest BCUT2D eigenvalue weighted by Crippen LogP contribution is -2.28. The molecule has 5 nitrogen and oxygen atoms in total. The first-order chi connectivity index (χ1) is 9.16. The summed E-state index contributed by atoms with van der Waals surface area (Å²) in [6.07, 6.45) is 5.07. The van der Waals surface area contributed by atoms with E-state index in [0.717, 1.165) is 17.5 Å². The van der Waals surface area contributed by atoms with Crippen molar-refractivity contribution in [1.29, 1.82) is 0 Å². The standard InChI is InChI=1S/C13H25N5S/c1-10(2)14-8-11(3)9-19-13-15-16-17-18(13)12-6-4-5-7-12/h10-12,14H,4-9H2,1-3H3. The first-order valence-electron chi connectivity index (χ1n) is 7.31. The molecule has 0 aliphatic heterocycles. The Morgan fingerprint density at radius 3 is 2.74 bits per heavy atom. The number of thioether (sulfide) groups is 1. The van der Waals surface area contributed by atoms with E-state index in [-0.39, 0.29) is 0 Å². The molecule has 0 saturated heterocycles. The van der Waals surface area contributed by atoms with Gasteiger partial charge in [-0.25, -0.2) is 4.68 Å². The van der Waals surface area contributed by atoms with E-state index in [1.807, 2.05) is 4.68 Å². The maximum Gasteiger partial charge on any atom is 0.209 e. The number of nitrogens with one attached hydrogen (secondary N) is 1. The van der Waals surface area contributed by atoms with E-state index < -0.39 is 0 Å². The van der Waals surface area contributed by atoms with Crippen LogP contribution in [0.25, 0.3) is 0 Å². The molecule has 1 heterocycles. The summed E-state index contributed by atoms with van der Waals surface area (Å²) in [5, 5.41) is 16.6. The fraction of sp³-hybridized carbons (Fsp3) is 0.923. The van der Waals surface area contributed by atoms with Gasteiger partial charge in [0.1, 0.15) is 0 Å². The second-order valence-electron chi connectivity index (χ2n) is 5.82. The largest absolute Gasteiger partial charge is 0.314 e. The summed E-state index contributed by atoms with van der Waals surface area (Å²) in [5.41, 5.74) is 0. The molecule has 0 bridgehead atoms. The molecule has 6 heteroatoms. The van der Waals surface area contributed by atoms with Crippen LogP contribution in [0.2, 0.25) is 0 Å². The highest BCUT2D eigenvalue weighted by Gasteiger charge is 2.21. The Morgan fingerprint density at radius 2 is 2.05 bits per heavy atom. The van der Waals surface area contributed by atoms with Crippen LogP contribution in [0.3, 0.4) is 0 Å². The van der Waals surface area contributed by atoms with Crippen LogP contribution >= 0.6 is 11.8 Å². The van der Waals surface area contributed by atoms with Gasteiger partial charge in [0.05, 0.1) is 6.04 Å². The van der Waals surface area contributed by atoms with Crippen molar-refractivity contribution in [2.45, 2.75) is 63.7 Å². The number of tetrazole rings is 1. The van der Waals surface area contributed by atoms with Gasteiger partial charge in [0.15, 0.2) is 0 Å². The Kier molecular flexibility index (Phi) is 5.63. The molecule has 1 fully saturated rings. The smallest absolute Gasteiger partial charge is 0.209 e. The molecule has 1 aliphatic rings. The normalized spacial score (nSPS) is 18.3. The molecule has 19 heavy (non-hydrogen) atoms. The molecule has 0 aromatic carbocycles. The number of nitrogens with zero attached hydrogens (tertiary/aromatic N) is 4. The highest BCUT2D eigenvalue weighted by atomic mass is 32.2. The summed E-state index contributed by atoms with van der Waals surface area (Å²) in [6, 6.07) is 1.08. The summed E-state index contributed by atoms with van der Waals surface area (Å²) < 4.78 is 2.04. The second-order valence-corrected chi connectivity index (χ2v) is 6.81. The van der Waals surface area contributed by atoms with Gasteiger partial charge in [-0.3, -0.25) is 0 Å². The zero-order valence-electron chi connectivity index (χ0n) is 12.2. The van der Waals surface area contributed by atoms with Gasteiger partial charge in [0.2, 0.25) is 5.16 Å². The van der Waals surface area contributed by atoms with Crippen molar-refractivity contribution in [3.8, 4) is 0 Å². The number of rotatable bonds is 7. The van der Waals surface area contributed by atoms with Crippen LogP contribution in [0.1, 0.15) is 52.5 Å². The van der Waals surface area contributed by atoms with Crippen LogP contribution in [-0.2, 0) is 0 Å². The van der Waals surface area contributed by atoms with Gasteiger partial charge in [0, 0.05) is 11.8 Å². The first kappa shape index (κ1) is 14.8. The van der Waals surface area contributed by atoms with E-state index in [9.17, 15) is 0 Å². The lowest BCUT2D eigenvalue weighted by molar-refractivity contribution is 0.422. The van der Waals surface area contributed by atoms with E-state index in [1.165, 1.54) is 25.7 Å². The maximum absolute atomic E-state index is 4.17. The maximum atomic E-state index is 4.17. The second kappa shape index (κ2) is 7.24. The fourth-order valence-corrected chi connectivity index (χ4v) is 3.33. The quantitative estimate of drug-likeness (QED) is 0.779. The molecule has 0 radical (unpaired) electrons. The predicted octanol–water partition coefficient (Wildman–Crippen LogP) is 2.51. The Bertz CT molecular complexity index is 373. The summed E-state index contributed by atoms with van der Waals surface area (Å²) in [6.45, 7) is 7.68. The summed E-state index contributed by atoms with van der Waals surface area (Å²) >= 11 is 1.79. The zero-order valence-corrected chi connectivity index (χ0v) is 13.0. The Balaban J connectivity index is 1.81. The molecule has 0 amide bonds. The van der Waals surface area contributed by atoms with Crippen molar-refractivity contribution in [3.63, 3.8) is 0 Å². The van der Waals surface area contributed by atoms with Crippen molar-refractivity contribution < 1.29 is 0 Å². The Labute approximate surface area is 119 Å². The molecule has 1 N–H and O–H groups in total. The predicted molar refractivity (Wildman–Crippen MR) is 78.3 cm³/mol. The van der Waals surface area contributed by atoms with Crippen LogP contribution < -0.4 is 5.32 Å². The van der Waals surface area contributed by atoms with Crippen molar-refractivity contribution in [1.82, 2.24) is 25.5 Å². The van der Waals surface area contributed by atoms with Gasteiger partial charge >= 0.3 is 0 Å². The van der Waals surface area contributed by atoms with Gasteiger partial charge in [-0.2, -0.15) is 0 Å². The van der Waals surface area contributed by atoms with E-state index in [0.29, 0.717) is 18.0 Å². The van der Waals surface area contributed by atoms with Crippen LogP contribution in [0.4, 0.5) is 0 Å². The lowest BCUT2D eigenvalue weighted by Gasteiger charge is -2.15. The molecule has 2 rings (SSSR count). The molecule has 1 unspecified atom stereocenters. The molecule has 1 aromatic rings. The van der Waals surface area contributed by atoms with Crippen molar-refractivity contribution >= 4 is 11.8 Å². The molecule has 1 aromatic heterocycles. The van der Waals surface area contributed by atoms with Crippen molar-refractivity contribution in [2.24, 2.45) is 5.92 Å². The Morgan fingerprint density at radius 1 is 1.32 bits per heavy atom. The van der Waals surface area contributed by atoms with Crippen molar-refractivity contribution in [2.75, 3.05) is 12.3 Å². The molecule has 1 atom stereocenters. The SMILES string of the molecule is CC(CNC(C)C)CSc1nnnn1C1CCCC1. The highest BCUT2D eigenvalue weighted by Crippen LogP contribution is 2.31. The third-order valence-corrected chi connectivity index (χ3v) is 4.77. The summed E-state index contributed by atoms with van der Waals surface area (Å²) in [7, 11) is 0. The van der Waals surface area contributed by atoms with Gasteiger partial charge in [-0.15, -0.1) is 5.10 Å². The fourth-order valence-electron chi connectivity index (χ4n) is 2.37. The van der Waals surface area contributed by atoms with Crippen LogP contribution in [0, 0.1) is 5.92 Å². The molecule has 0 spiro atoms.